The Morgan fingerprint density at radius 3 is 2.49 bits per heavy atom. The van der Waals surface area contributed by atoms with E-state index in [0.29, 0.717) is 47.7 Å². The van der Waals surface area contributed by atoms with E-state index < -0.39 is 15.8 Å². The first-order chi connectivity index (χ1) is 23.4. The molecule has 6 bridgehead atoms. The van der Waals surface area contributed by atoms with E-state index >= 15 is 4.39 Å². The molecule has 0 spiro atoms. The Morgan fingerprint density at radius 1 is 1.12 bits per heavy atom. The number of nitrogens with one attached hydrogen (secondary N) is 3. The molecule has 1 fully saturated rings. The molecule has 4 heterocycles. The lowest BCUT2D eigenvalue weighted by atomic mass is 10.0. The second-order valence-electron chi connectivity index (χ2n) is 12.0. The highest BCUT2D eigenvalue weighted by Crippen LogP contribution is 2.42. The predicted octanol–water partition coefficient (Wildman–Crippen LogP) is 4.47. The Hall–Kier alpha value is -4.09. The van der Waals surface area contributed by atoms with Gasteiger partial charge in [-0.2, -0.15) is 4.98 Å². The van der Waals surface area contributed by atoms with Crippen molar-refractivity contribution in [1.29, 1.82) is 0 Å². The number of anilines is 6. The molecule has 3 N–H and O–H groups in total. The van der Waals surface area contributed by atoms with Gasteiger partial charge >= 0.3 is 0 Å². The highest BCUT2D eigenvalue weighted by molar-refractivity contribution is 9.10. The van der Waals surface area contributed by atoms with Gasteiger partial charge in [0.1, 0.15) is 17.3 Å². The van der Waals surface area contributed by atoms with Gasteiger partial charge in [0.2, 0.25) is 21.9 Å². The van der Waals surface area contributed by atoms with E-state index in [-0.39, 0.29) is 60.6 Å². The number of methoxy groups -OCH3 is 1. The summed E-state index contributed by atoms with van der Waals surface area (Å²) in [6, 6.07) is 6.36. The Kier molecular flexibility index (Phi) is 11.5. The lowest BCUT2D eigenvalue weighted by Gasteiger charge is -2.35. The number of likely N-dealkylation sites (N-methyl/N-ethyl adjacent to an activating group) is 1. The number of amides is 1. The maximum atomic E-state index is 15.4. The van der Waals surface area contributed by atoms with Crippen LogP contribution in [0.25, 0.3) is 0 Å². The average molecular weight is 766 g/mol. The lowest BCUT2D eigenvalue weighted by Crippen LogP contribution is -2.46. The van der Waals surface area contributed by atoms with Gasteiger partial charge in [-0.05, 0) is 49.8 Å². The first kappa shape index (κ1) is 36.2. The van der Waals surface area contributed by atoms with Crippen molar-refractivity contribution in [2.45, 2.75) is 32.2 Å². The van der Waals surface area contributed by atoms with E-state index in [4.69, 9.17) is 14.2 Å². The van der Waals surface area contributed by atoms with Crippen LogP contribution < -0.4 is 39.4 Å². The van der Waals surface area contributed by atoms with Crippen molar-refractivity contribution < 1.29 is 31.8 Å². The van der Waals surface area contributed by atoms with Crippen LogP contribution in [0, 0.1) is 5.82 Å². The molecule has 0 radical (unpaired) electrons. The summed E-state index contributed by atoms with van der Waals surface area (Å²) in [5, 5.41) is 9.42. The molecule has 1 saturated heterocycles. The van der Waals surface area contributed by atoms with Crippen LogP contribution in [0.2, 0.25) is 0 Å². The minimum Gasteiger partial charge on any atom is -0.494 e. The Bertz CT molecular complexity index is 1770. The van der Waals surface area contributed by atoms with Gasteiger partial charge in [-0.15, -0.1) is 0 Å². The van der Waals surface area contributed by atoms with Crippen LogP contribution >= 0.6 is 15.9 Å². The number of ether oxygens (including phenoxy) is 3. The molecule has 0 saturated carbocycles. The first-order valence-corrected chi connectivity index (χ1v) is 18.5. The molecule has 2 aromatic carbocycles. The van der Waals surface area contributed by atoms with Gasteiger partial charge in [-0.3, -0.25) is 9.10 Å². The van der Waals surface area contributed by atoms with Crippen LogP contribution in [0.5, 0.6) is 17.2 Å². The van der Waals surface area contributed by atoms with Crippen LogP contribution in [0.15, 0.2) is 34.9 Å². The van der Waals surface area contributed by atoms with Crippen LogP contribution in [-0.4, -0.2) is 102 Å². The molecule has 1 amide bonds. The van der Waals surface area contributed by atoms with E-state index in [0.717, 1.165) is 29.1 Å². The van der Waals surface area contributed by atoms with E-state index in [1.165, 1.54) is 18.3 Å². The third-order valence-electron chi connectivity index (χ3n) is 8.00. The van der Waals surface area contributed by atoms with E-state index in [2.05, 4.69) is 46.7 Å². The number of hydrogen-bond acceptors (Lipinski definition) is 12. The van der Waals surface area contributed by atoms with Crippen molar-refractivity contribution in [2.75, 3.05) is 86.7 Å². The number of halogens is 2. The zero-order chi connectivity index (χ0) is 35.3. The molecule has 0 atom stereocenters. The minimum atomic E-state index is -3.73. The zero-order valence-corrected chi connectivity index (χ0v) is 30.6. The summed E-state index contributed by atoms with van der Waals surface area (Å²) in [6.45, 7) is 3.86. The number of sulfonamides is 1. The average Bonchev–Trinajstić information content (AvgIpc) is 3.03. The standard InChI is InChI=1S/C32H42BrFN8O6S/c1-6-42(49(5,44)45)25-16-27-22(34)14-23(25)37-31-21(33)18-35-32(39-31)38-24-15-29(48-13-7-12-47-27)26(17-28(24)46-4)41-10-8-20(9-11-41)36-30(43)19-40(2)3/h14-18,20H,6-13,19H2,1-5H3,(H,36,43)(H2,35,37,38,39). The lowest BCUT2D eigenvalue weighted by molar-refractivity contribution is -0.122. The van der Waals surface area contributed by atoms with Crippen molar-refractivity contribution in [3.63, 3.8) is 0 Å². The van der Waals surface area contributed by atoms with Crippen molar-refractivity contribution >= 4 is 66.4 Å². The third kappa shape index (κ3) is 8.93. The topological polar surface area (TPSA) is 150 Å². The number of nitrogens with zero attached hydrogens (tertiary/aromatic N) is 5. The van der Waals surface area contributed by atoms with E-state index in [1.807, 2.05) is 31.1 Å². The highest BCUT2D eigenvalue weighted by Gasteiger charge is 2.26. The number of piperidine rings is 1. The molecular formula is C32H42BrFN8O6S. The molecule has 49 heavy (non-hydrogen) atoms. The third-order valence-corrected chi connectivity index (χ3v) is 9.83. The highest BCUT2D eigenvalue weighted by atomic mass is 79.9. The smallest absolute Gasteiger partial charge is 0.234 e. The maximum absolute atomic E-state index is 15.4. The summed E-state index contributed by atoms with van der Waals surface area (Å²) >= 11 is 3.45. The molecule has 266 valence electrons. The SMILES string of the molecule is CCN(c1cc2c(F)cc1Nc1nc(ncc1Br)Nc1cc(c(N3CCC(NC(=O)CN(C)C)CC3)cc1OC)OCCCO2)S(C)(=O)=O. The van der Waals surface area contributed by atoms with Crippen LogP contribution in [-0.2, 0) is 14.8 Å². The summed E-state index contributed by atoms with van der Waals surface area (Å²) in [5.41, 5.74) is 1.73. The summed E-state index contributed by atoms with van der Waals surface area (Å²) < 4.78 is 60.4. The summed E-state index contributed by atoms with van der Waals surface area (Å²) in [5.74, 6) is 0.793. The number of benzene rings is 2. The summed E-state index contributed by atoms with van der Waals surface area (Å²) in [6.07, 6.45) is 4.54. The maximum Gasteiger partial charge on any atom is 0.234 e. The molecule has 1 aromatic heterocycles. The van der Waals surface area contributed by atoms with Crippen molar-refractivity contribution in [2.24, 2.45) is 0 Å². The fourth-order valence-corrected chi connectivity index (χ4v) is 7.00. The van der Waals surface area contributed by atoms with Gasteiger partial charge in [0.05, 0.1) is 60.3 Å². The fourth-order valence-electron chi connectivity index (χ4n) is 5.73. The van der Waals surface area contributed by atoms with Gasteiger partial charge in [-0.25, -0.2) is 17.8 Å². The number of aromatic nitrogens is 2. The second kappa shape index (κ2) is 15.6. The molecule has 0 unspecified atom stereocenters. The summed E-state index contributed by atoms with van der Waals surface area (Å²) in [7, 11) is 1.57. The fraction of sp³-hybridized carbons (Fsp3) is 0.469. The molecule has 14 nitrogen and oxygen atoms in total. The largest absolute Gasteiger partial charge is 0.494 e. The van der Waals surface area contributed by atoms with Gasteiger partial charge in [0.25, 0.3) is 0 Å². The van der Waals surface area contributed by atoms with Crippen LogP contribution in [0.4, 0.5) is 38.9 Å². The molecule has 6 rings (SSSR count). The van der Waals surface area contributed by atoms with Gasteiger partial charge in [-0.1, -0.05) is 0 Å². The minimum absolute atomic E-state index is 0.000671. The Morgan fingerprint density at radius 2 is 1.84 bits per heavy atom. The quantitative estimate of drug-likeness (QED) is 0.297. The van der Waals surface area contributed by atoms with Crippen molar-refractivity contribution in [1.82, 2.24) is 20.2 Å². The monoisotopic (exact) mass is 764 g/mol. The molecule has 3 aliphatic heterocycles. The zero-order valence-electron chi connectivity index (χ0n) is 28.2. The van der Waals surface area contributed by atoms with Crippen molar-refractivity contribution in [3.8, 4) is 17.2 Å². The van der Waals surface area contributed by atoms with E-state index in [1.54, 1.807) is 14.0 Å². The molecular weight excluding hydrogens is 723 g/mol. The molecule has 17 heteroatoms. The number of carbonyl (C=O) groups is 1. The van der Waals surface area contributed by atoms with E-state index in [9.17, 15) is 13.2 Å². The first-order valence-electron chi connectivity index (χ1n) is 15.9. The molecule has 3 aliphatic rings. The van der Waals surface area contributed by atoms with Gasteiger partial charge < -0.3 is 40.0 Å². The second-order valence-corrected chi connectivity index (χ2v) is 14.8. The molecule has 3 aromatic rings. The van der Waals surface area contributed by atoms with Gasteiger partial charge in [0.15, 0.2) is 11.6 Å². The van der Waals surface area contributed by atoms with Crippen LogP contribution in [0.1, 0.15) is 26.2 Å². The Labute approximate surface area is 294 Å². The number of hydrogen-bond donors (Lipinski definition) is 3. The predicted molar refractivity (Wildman–Crippen MR) is 191 cm³/mol. The number of rotatable bonds is 8. The van der Waals surface area contributed by atoms with Gasteiger partial charge in [0, 0.05) is 62.6 Å². The van der Waals surface area contributed by atoms with Crippen molar-refractivity contribution in [3.05, 3.63) is 40.8 Å². The number of carbonyl (C=O) groups excluding carboxylic acids is 1. The van der Waals surface area contributed by atoms with Crippen LogP contribution in [0.3, 0.4) is 0 Å². The normalized spacial score (nSPS) is 15.4. The molecule has 0 aliphatic carbocycles. The Balaban J connectivity index is 1.48. The summed E-state index contributed by atoms with van der Waals surface area (Å²) in [4.78, 5) is 25.4. The number of fused-ring (bicyclic) bond motifs is 6.